The van der Waals surface area contributed by atoms with Crippen LogP contribution >= 0.6 is 0 Å². The van der Waals surface area contributed by atoms with Gasteiger partial charge >= 0.3 is 0 Å². The fourth-order valence-electron chi connectivity index (χ4n) is 1.69. The first-order valence-corrected chi connectivity index (χ1v) is 7.83. The van der Waals surface area contributed by atoms with Crippen LogP contribution in [0.1, 0.15) is 36.7 Å². The summed E-state index contributed by atoms with van der Waals surface area (Å²) < 4.78 is 23.6. The van der Waals surface area contributed by atoms with E-state index in [4.69, 9.17) is 5.14 Å². The lowest BCUT2D eigenvalue weighted by atomic mass is 10.2. The van der Waals surface area contributed by atoms with E-state index in [1.807, 2.05) is 6.92 Å². The summed E-state index contributed by atoms with van der Waals surface area (Å²) in [7, 11) is -2.41. The molecular formula is C12H19N3O4S. The number of aryl methyl sites for hydroxylation is 1. The second-order valence-corrected chi connectivity index (χ2v) is 6.07. The lowest BCUT2D eigenvalue weighted by Crippen LogP contribution is -2.32. The van der Waals surface area contributed by atoms with E-state index in [-0.39, 0.29) is 10.6 Å². The molecule has 1 amide bonds. The number of hydrogen-bond donors (Lipinski definition) is 2. The fourth-order valence-corrected chi connectivity index (χ4v) is 2.27. The number of nitrogens with zero attached hydrogens (tertiary/aromatic N) is 1. The lowest BCUT2D eigenvalue weighted by Gasteiger charge is -2.04. The first-order chi connectivity index (χ1) is 9.27. The number of nitrogens with one attached hydrogen (secondary N) is 1. The van der Waals surface area contributed by atoms with Gasteiger partial charge in [0.15, 0.2) is 0 Å². The Balaban J connectivity index is 2.77. The summed E-state index contributed by atoms with van der Waals surface area (Å²) in [5.41, 5.74) is -0.0120. The molecule has 1 aromatic rings. The molecule has 0 aliphatic heterocycles. The van der Waals surface area contributed by atoms with Gasteiger partial charge in [-0.1, -0.05) is 19.8 Å². The van der Waals surface area contributed by atoms with Gasteiger partial charge in [0.1, 0.15) is 4.90 Å². The molecule has 0 aliphatic carbocycles. The Hall–Kier alpha value is -1.67. The highest BCUT2D eigenvalue weighted by molar-refractivity contribution is 7.89. The zero-order valence-electron chi connectivity index (χ0n) is 11.5. The number of aromatic nitrogens is 1. The van der Waals surface area contributed by atoms with Crippen LogP contribution < -0.4 is 10.5 Å². The molecule has 1 rings (SSSR count). The van der Waals surface area contributed by atoms with Gasteiger partial charge in [-0.15, -0.1) is 0 Å². The molecule has 0 spiro atoms. The number of carbonyl (C=O) groups is 2. The molecule has 0 saturated carbocycles. The van der Waals surface area contributed by atoms with E-state index in [9.17, 15) is 18.0 Å². The van der Waals surface area contributed by atoms with Crippen molar-refractivity contribution in [1.82, 2.24) is 9.88 Å². The Kier molecular flexibility index (Phi) is 5.46. The van der Waals surface area contributed by atoms with Gasteiger partial charge in [0.05, 0.1) is 5.69 Å². The van der Waals surface area contributed by atoms with E-state index >= 15 is 0 Å². The minimum Gasteiger partial charge on any atom is -0.349 e. The van der Waals surface area contributed by atoms with Crippen LogP contribution in [0.25, 0.3) is 0 Å². The van der Waals surface area contributed by atoms with E-state index < -0.39 is 21.7 Å². The molecule has 0 bridgehead atoms. The normalized spacial score (nSPS) is 11.3. The molecular weight excluding hydrogens is 282 g/mol. The molecule has 0 unspecified atom stereocenters. The van der Waals surface area contributed by atoms with Gasteiger partial charge in [0, 0.05) is 19.8 Å². The number of unbranched alkanes of at least 4 members (excludes halogenated alkanes) is 2. The zero-order chi connectivity index (χ0) is 15.3. The Morgan fingerprint density at radius 3 is 2.50 bits per heavy atom. The van der Waals surface area contributed by atoms with Crippen LogP contribution in [0, 0.1) is 0 Å². The summed E-state index contributed by atoms with van der Waals surface area (Å²) in [6.45, 7) is 2.45. The SMILES string of the molecule is CCCCCNC(=O)C(=O)c1cc(S(N)(=O)=O)cn1C. The third-order valence-corrected chi connectivity index (χ3v) is 3.69. The first kappa shape index (κ1) is 16.4. The van der Waals surface area contributed by atoms with Gasteiger partial charge in [-0.05, 0) is 12.5 Å². The van der Waals surface area contributed by atoms with Crippen molar-refractivity contribution in [2.45, 2.75) is 31.1 Å². The number of primary sulfonamides is 1. The Bertz CT molecular complexity index is 604. The highest BCUT2D eigenvalue weighted by atomic mass is 32.2. The van der Waals surface area contributed by atoms with Gasteiger partial charge < -0.3 is 9.88 Å². The zero-order valence-corrected chi connectivity index (χ0v) is 12.4. The molecule has 0 aromatic carbocycles. The largest absolute Gasteiger partial charge is 0.349 e. The van der Waals surface area contributed by atoms with Crippen LogP contribution in [0.15, 0.2) is 17.2 Å². The van der Waals surface area contributed by atoms with Gasteiger partial charge in [0.25, 0.3) is 11.7 Å². The van der Waals surface area contributed by atoms with Crippen LogP contribution in [0.5, 0.6) is 0 Å². The van der Waals surface area contributed by atoms with Crippen LogP contribution in [0.2, 0.25) is 0 Å². The molecule has 1 heterocycles. The number of sulfonamides is 1. The van der Waals surface area contributed by atoms with Crippen LogP contribution in [0.3, 0.4) is 0 Å². The second-order valence-electron chi connectivity index (χ2n) is 4.51. The topological polar surface area (TPSA) is 111 Å². The average molecular weight is 301 g/mol. The summed E-state index contributed by atoms with van der Waals surface area (Å²) >= 11 is 0. The quantitative estimate of drug-likeness (QED) is 0.424. The summed E-state index contributed by atoms with van der Waals surface area (Å²) in [6, 6.07) is 1.10. The highest BCUT2D eigenvalue weighted by Gasteiger charge is 2.22. The summed E-state index contributed by atoms with van der Waals surface area (Å²) in [6.07, 6.45) is 3.98. The summed E-state index contributed by atoms with van der Waals surface area (Å²) in [5.74, 6) is -1.53. The Morgan fingerprint density at radius 1 is 1.35 bits per heavy atom. The Labute approximate surface area is 118 Å². The third-order valence-electron chi connectivity index (χ3n) is 2.81. The molecule has 112 valence electrons. The number of Topliss-reactive ketones (excluding diaryl/α,β-unsaturated/α-hetero) is 1. The number of carbonyl (C=O) groups excluding carboxylic acids is 2. The number of rotatable bonds is 7. The predicted octanol–water partition coefficient (Wildman–Crippen LogP) is 0.162. The van der Waals surface area contributed by atoms with Crippen molar-refractivity contribution in [2.75, 3.05) is 6.54 Å². The van der Waals surface area contributed by atoms with Gasteiger partial charge in [-0.3, -0.25) is 9.59 Å². The van der Waals surface area contributed by atoms with Crippen LogP contribution in [-0.2, 0) is 21.9 Å². The monoisotopic (exact) mass is 301 g/mol. The van der Waals surface area contributed by atoms with Crippen molar-refractivity contribution >= 4 is 21.7 Å². The van der Waals surface area contributed by atoms with Crippen molar-refractivity contribution < 1.29 is 18.0 Å². The van der Waals surface area contributed by atoms with Crippen LogP contribution in [0.4, 0.5) is 0 Å². The van der Waals surface area contributed by atoms with E-state index in [1.54, 1.807) is 0 Å². The maximum atomic E-state index is 11.9. The predicted molar refractivity (Wildman–Crippen MR) is 73.7 cm³/mol. The Morgan fingerprint density at radius 2 is 2.00 bits per heavy atom. The minimum absolute atomic E-state index is 0.0120. The maximum Gasteiger partial charge on any atom is 0.293 e. The maximum absolute atomic E-state index is 11.9. The minimum atomic E-state index is -3.89. The molecule has 8 heteroatoms. The molecule has 7 nitrogen and oxygen atoms in total. The van der Waals surface area contributed by atoms with E-state index in [0.29, 0.717) is 6.54 Å². The molecule has 3 N–H and O–H groups in total. The van der Waals surface area contributed by atoms with Gasteiger partial charge in [-0.2, -0.15) is 0 Å². The van der Waals surface area contributed by atoms with Crippen LogP contribution in [-0.4, -0.2) is 31.2 Å². The highest BCUT2D eigenvalue weighted by Crippen LogP contribution is 2.12. The van der Waals surface area contributed by atoms with E-state index in [1.165, 1.54) is 17.8 Å². The van der Waals surface area contributed by atoms with Crippen molar-refractivity contribution in [2.24, 2.45) is 12.2 Å². The van der Waals surface area contributed by atoms with Gasteiger partial charge in [0.2, 0.25) is 10.0 Å². The molecule has 20 heavy (non-hydrogen) atoms. The number of hydrogen-bond acceptors (Lipinski definition) is 4. The van der Waals surface area contributed by atoms with Crippen molar-refractivity contribution in [3.05, 3.63) is 18.0 Å². The molecule has 1 aromatic heterocycles. The average Bonchev–Trinajstić information content (AvgIpc) is 2.75. The molecule has 0 radical (unpaired) electrons. The third kappa shape index (κ3) is 4.17. The second kappa shape index (κ2) is 6.67. The van der Waals surface area contributed by atoms with E-state index in [0.717, 1.165) is 25.3 Å². The number of ketones is 1. The fraction of sp³-hybridized carbons (Fsp3) is 0.500. The number of nitrogens with two attached hydrogens (primary N) is 1. The summed E-state index contributed by atoms with van der Waals surface area (Å²) in [5, 5.41) is 7.48. The lowest BCUT2D eigenvalue weighted by molar-refractivity contribution is -0.117. The molecule has 0 aliphatic rings. The van der Waals surface area contributed by atoms with E-state index in [2.05, 4.69) is 5.32 Å². The first-order valence-electron chi connectivity index (χ1n) is 6.29. The molecule has 0 fully saturated rings. The number of amides is 1. The summed E-state index contributed by atoms with van der Waals surface area (Å²) in [4.78, 5) is 23.4. The van der Waals surface area contributed by atoms with Gasteiger partial charge in [-0.25, -0.2) is 13.6 Å². The van der Waals surface area contributed by atoms with Crippen molar-refractivity contribution in [3.63, 3.8) is 0 Å². The smallest absolute Gasteiger partial charge is 0.293 e. The molecule has 0 atom stereocenters. The standard InChI is InChI=1S/C12H19N3O4S/c1-3-4-5-6-14-12(17)11(16)10-7-9(8-15(10)2)20(13,18)19/h7-8H,3-6H2,1-2H3,(H,14,17)(H2,13,18,19). The van der Waals surface area contributed by atoms with Crippen molar-refractivity contribution in [1.29, 1.82) is 0 Å². The van der Waals surface area contributed by atoms with Crippen molar-refractivity contribution in [3.8, 4) is 0 Å². The molecule has 0 saturated heterocycles.